The van der Waals surface area contributed by atoms with E-state index in [1.165, 1.54) is 32.8 Å². The smallest absolute Gasteiger partial charge is 0.309 e. The lowest BCUT2D eigenvalue weighted by molar-refractivity contribution is -0.145. The number of ether oxygens (including phenoxy) is 2. The number of carbonyl (C=O) groups excluding carboxylic acids is 1. The summed E-state index contributed by atoms with van der Waals surface area (Å²) in [6, 6.07) is 0. The molecule has 3 unspecified atom stereocenters. The Balaban J connectivity index is 2.25. The van der Waals surface area contributed by atoms with Crippen molar-refractivity contribution >= 4 is 5.97 Å². The number of hydrogen-bond acceptors (Lipinski definition) is 4. The van der Waals surface area contributed by atoms with Gasteiger partial charge < -0.3 is 14.4 Å². The summed E-state index contributed by atoms with van der Waals surface area (Å²) in [6.07, 6.45) is 5.57. The molecule has 1 rings (SSSR count). The number of esters is 1. The predicted molar refractivity (Wildman–Crippen MR) is 80.7 cm³/mol. The van der Waals surface area contributed by atoms with Crippen LogP contribution in [0.1, 0.15) is 46.5 Å². The highest BCUT2D eigenvalue weighted by molar-refractivity contribution is 5.72. The van der Waals surface area contributed by atoms with E-state index < -0.39 is 0 Å². The number of nitrogens with zero attached hydrogens (tertiary/aromatic N) is 1. The second kappa shape index (κ2) is 9.35. The quantitative estimate of drug-likeness (QED) is 0.643. The Morgan fingerprint density at radius 2 is 2.05 bits per heavy atom. The molecule has 0 amide bonds. The number of methoxy groups -OCH3 is 1. The van der Waals surface area contributed by atoms with Crippen LogP contribution in [0.15, 0.2) is 0 Å². The van der Waals surface area contributed by atoms with Gasteiger partial charge in [0, 0.05) is 13.1 Å². The summed E-state index contributed by atoms with van der Waals surface area (Å²) in [6.45, 7) is 9.65. The van der Waals surface area contributed by atoms with Crippen molar-refractivity contribution in [3.63, 3.8) is 0 Å². The topological polar surface area (TPSA) is 38.8 Å². The molecular weight excluding hydrogens is 254 g/mol. The SMILES string of the molecule is CCN(CCOC1CCCCC1C)CC(C)C(=O)OC. The van der Waals surface area contributed by atoms with Crippen LogP contribution in [0.2, 0.25) is 0 Å². The molecule has 0 spiro atoms. The van der Waals surface area contributed by atoms with Crippen molar-refractivity contribution in [1.82, 2.24) is 4.90 Å². The van der Waals surface area contributed by atoms with E-state index in [2.05, 4.69) is 18.7 Å². The van der Waals surface area contributed by atoms with E-state index in [-0.39, 0.29) is 11.9 Å². The Kier molecular flexibility index (Phi) is 8.15. The second-order valence-corrected chi connectivity index (χ2v) is 5.99. The summed E-state index contributed by atoms with van der Waals surface area (Å²) in [5, 5.41) is 0. The Morgan fingerprint density at radius 3 is 2.65 bits per heavy atom. The minimum atomic E-state index is -0.134. The van der Waals surface area contributed by atoms with Gasteiger partial charge in [-0.05, 0) is 25.3 Å². The maximum atomic E-state index is 11.4. The molecule has 118 valence electrons. The van der Waals surface area contributed by atoms with E-state index >= 15 is 0 Å². The molecule has 1 aliphatic rings. The van der Waals surface area contributed by atoms with E-state index in [4.69, 9.17) is 9.47 Å². The number of hydrogen-bond donors (Lipinski definition) is 0. The Labute approximate surface area is 123 Å². The van der Waals surface area contributed by atoms with Crippen LogP contribution in [0.4, 0.5) is 0 Å². The van der Waals surface area contributed by atoms with Gasteiger partial charge in [0.15, 0.2) is 0 Å². The summed E-state index contributed by atoms with van der Waals surface area (Å²) in [5.74, 6) is 0.478. The van der Waals surface area contributed by atoms with Gasteiger partial charge >= 0.3 is 5.97 Å². The minimum Gasteiger partial charge on any atom is -0.469 e. The van der Waals surface area contributed by atoms with Crippen molar-refractivity contribution in [1.29, 1.82) is 0 Å². The molecule has 0 bridgehead atoms. The van der Waals surface area contributed by atoms with Crippen LogP contribution in [-0.2, 0) is 14.3 Å². The largest absolute Gasteiger partial charge is 0.469 e. The number of likely N-dealkylation sites (N-methyl/N-ethyl adjacent to an activating group) is 1. The lowest BCUT2D eigenvalue weighted by Gasteiger charge is -2.30. The second-order valence-electron chi connectivity index (χ2n) is 5.99. The summed E-state index contributed by atoms with van der Waals surface area (Å²) >= 11 is 0. The van der Waals surface area contributed by atoms with Crippen LogP contribution in [0.25, 0.3) is 0 Å². The van der Waals surface area contributed by atoms with Crippen molar-refractivity contribution in [2.75, 3.05) is 33.4 Å². The zero-order valence-corrected chi connectivity index (χ0v) is 13.6. The van der Waals surface area contributed by atoms with Crippen molar-refractivity contribution < 1.29 is 14.3 Å². The highest BCUT2D eigenvalue weighted by Gasteiger charge is 2.22. The van der Waals surface area contributed by atoms with Crippen LogP contribution in [-0.4, -0.2) is 50.3 Å². The highest BCUT2D eigenvalue weighted by Crippen LogP contribution is 2.26. The Morgan fingerprint density at radius 1 is 1.35 bits per heavy atom. The number of rotatable bonds is 8. The van der Waals surface area contributed by atoms with Gasteiger partial charge in [-0.15, -0.1) is 0 Å². The molecule has 0 aromatic heterocycles. The molecule has 0 radical (unpaired) electrons. The van der Waals surface area contributed by atoms with Crippen LogP contribution in [0.5, 0.6) is 0 Å². The molecular formula is C16H31NO3. The van der Waals surface area contributed by atoms with Crippen molar-refractivity contribution in [2.45, 2.75) is 52.6 Å². The van der Waals surface area contributed by atoms with Crippen LogP contribution < -0.4 is 0 Å². The van der Waals surface area contributed by atoms with E-state index in [1.54, 1.807) is 0 Å². The molecule has 0 aliphatic heterocycles. The molecule has 0 heterocycles. The molecule has 4 nitrogen and oxygen atoms in total. The predicted octanol–water partition coefficient (Wildman–Crippen LogP) is 2.71. The zero-order valence-electron chi connectivity index (χ0n) is 13.6. The first-order chi connectivity index (χ1) is 9.58. The van der Waals surface area contributed by atoms with E-state index in [0.717, 1.165) is 26.2 Å². The summed E-state index contributed by atoms with van der Waals surface area (Å²) in [5.41, 5.74) is 0. The Hall–Kier alpha value is -0.610. The molecule has 0 aromatic carbocycles. The lowest BCUT2D eigenvalue weighted by Crippen LogP contribution is -2.36. The molecule has 1 aliphatic carbocycles. The standard InChI is InChI=1S/C16H31NO3/c1-5-17(12-14(3)16(18)19-4)10-11-20-15-9-7-6-8-13(15)2/h13-15H,5-12H2,1-4H3. The summed E-state index contributed by atoms with van der Waals surface area (Å²) < 4.78 is 10.8. The maximum absolute atomic E-state index is 11.4. The minimum absolute atomic E-state index is 0.0754. The summed E-state index contributed by atoms with van der Waals surface area (Å²) in [7, 11) is 1.45. The molecule has 3 atom stereocenters. The molecule has 1 fully saturated rings. The third kappa shape index (κ3) is 5.80. The van der Waals surface area contributed by atoms with Gasteiger partial charge in [0.2, 0.25) is 0 Å². The van der Waals surface area contributed by atoms with Crippen LogP contribution in [0.3, 0.4) is 0 Å². The van der Waals surface area contributed by atoms with Gasteiger partial charge in [0.05, 0.1) is 25.7 Å². The first-order valence-corrected chi connectivity index (χ1v) is 8.00. The zero-order chi connectivity index (χ0) is 15.0. The van der Waals surface area contributed by atoms with Crippen molar-refractivity contribution in [2.24, 2.45) is 11.8 Å². The normalized spacial score (nSPS) is 24.6. The fraction of sp³-hybridized carbons (Fsp3) is 0.938. The van der Waals surface area contributed by atoms with E-state index in [0.29, 0.717) is 12.0 Å². The third-order valence-corrected chi connectivity index (χ3v) is 4.36. The average Bonchev–Trinajstić information content (AvgIpc) is 2.47. The van der Waals surface area contributed by atoms with Gasteiger partial charge in [-0.1, -0.05) is 33.6 Å². The average molecular weight is 285 g/mol. The number of carbonyl (C=O) groups is 1. The maximum Gasteiger partial charge on any atom is 0.309 e. The fourth-order valence-corrected chi connectivity index (χ4v) is 2.90. The first kappa shape index (κ1) is 17.4. The molecule has 4 heteroatoms. The fourth-order valence-electron chi connectivity index (χ4n) is 2.90. The first-order valence-electron chi connectivity index (χ1n) is 8.00. The lowest BCUT2D eigenvalue weighted by atomic mass is 9.88. The third-order valence-electron chi connectivity index (χ3n) is 4.36. The molecule has 0 aromatic rings. The van der Waals surface area contributed by atoms with Gasteiger partial charge in [-0.2, -0.15) is 0 Å². The van der Waals surface area contributed by atoms with Gasteiger partial charge in [-0.3, -0.25) is 4.79 Å². The Bertz CT molecular complexity index is 283. The van der Waals surface area contributed by atoms with Gasteiger partial charge in [-0.25, -0.2) is 0 Å². The van der Waals surface area contributed by atoms with Gasteiger partial charge in [0.1, 0.15) is 0 Å². The van der Waals surface area contributed by atoms with Crippen LogP contribution in [0, 0.1) is 11.8 Å². The van der Waals surface area contributed by atoms with E-state index in [1.807, 2.05) is 6.92 Å². The van der Waals surface area contributed by atoms with Crippen molar-refractivity contribution in [3.05, 3.63) is 0 Å². The van der Waals surface area contributed by atoms with Gasteiger partial charge in [0.25, 0.3) is 0 Å². The summed E-state index contributed by atoms with van der Waals surface area (Å²) in [4.78, 5) is 13.7. The molecule has 20 heavy (non-hydrogen) atoms. The molecule has 1 saturated carbocycles. The van der Waals surface area contributed by atoms with E-state index in [9.17, 15) is 4.79 Å². The molecule has 0 saturated heterocycles. The highest BCUT2D eigenvalue weighted by atomic mass is 16.5. The molecule has 0 N–H and O–H groups in total. The van der Waals surface area contributed by atoms with Crippen LogP contribution >= 0.6 is 0 Å². The monoisotopic (exact) mass is 285 g/mol. The van der Waals surface area contributed by atoms with Crippen molar-refractivity contribution in [3.8, 4) is 0 Å².